The summed E-state index contributed by atoms with van der Waals surface area (Å²) in [6, 6.07) is 18.8. The van der Waals surface area contributed by atoms with Gasteiger partial charge in [-0.25, -0.2) is 0 Å². The van der Waals surface area contributed by atoms with E-state index in [0.29, 0.717) is 6.54 Å². The van der Waals surface area contributed by atoms with Crippen LogP contribution in [0.2, 0.25) is 0 Å². The van der Waals surface area contributed by atoms with E-state index in [1.165, 1.54) is 11.1 Å². The molecule has 2 N–H and O–H groups in total. The first-order valence-electron chi connectivity index (χ1n) is 7.12. The quantitative estimate of drug-likeness (QED) is 0.870. The normalized spacial score (nSPS) is 13.8. The van der Waals surface area contributed by atoms with Crippen molar-refractivity contribution in [3.05, 3.63) is 65.7 Å². The van der Waals surface area contributed by atoms with Crippen molar-refractivity contribution in [2.75, 3.05) is 13.7 Å². The first-order chi connectivity index (χ1) is 9.74. The smallest absolute Gasteiger partial charge is 0.119 e. The third kappa shape index (κ3) is 3.02. The van der Waals surface area contributed by atoms with Gasteiger partial charge in [0.2, 0.25) is 0 Å². The summed E-state index contributed by atoms with van der Waals surface area (Å²) in [6.07, 6.45) is 1.95. The van der Waals surface area contributed by atoms with Crippen molar-refractivity contribution >= 4 is 0 Å². The first-order valence-corrected chi connectivity index (χ1v) is 7.12. The van der Waals surface area contributed by atoms with Crippen molar-refractivity contribution in [1.82, 2.24) is 0 Å². The number of nitrogens with two attached hydrogens (primary N) is 1. The lowest BCUT2D eigenvalue weighted by molar-refractivity contribution is 0.406. The van der Waals surface area contributed by atoms with E-state index in [2.05, 4.69) is 43.3 Å². The molecule has 0 saturated heterocycles. The lowest BCUT2D eigenvalue weighted by atomic mass is 9.73. The fourth-order valence-corrected chi connectivity index (χ4v) is 2.73. The average molecular weight is 269 g/mol. The van der Waals surface area contributed by atoms with Gasteiger partial charge >= 0.3 is 0 Å². The van der Waals surface area contributed by atoms with Crippen molar-refractivity contribution in [2.24, 2.45) is 5.73 Å². The molecule has 0 spiro atoms. The molecule has 0 fully saturated rings. The van der Waals surface area contributed by atoms with Crippen LogP contribution in [0.1, 0.15) is 24.5 Å². The summed E-state index contributed by atoms with van der Waals surface area (Å²) in [5.74, 6) is 0.901. The number of hydrogen-bond donors (Lipinski definition) is 1. The van der Waals surface area contributed by atoms with Gasteiger partial charge in [0.25, 0.3) is 0 Å². The molecule has 20 heavy (non-hydrogen) atoms. The molecule has 2 aromatic rings. The summed E-state index contributed by atoms with van der Waals surface area (Å²) < 4.78 is 5.31. The molecule has 106 valence electrons. The fourth-order valence-electron chi connectivity index (χ4n) is 2.73. The minimum atomic E-state index is -0.00632. The summed E-state index contributed by atoms with van der Waals surface area (Å²) in [6.45, 7) is 2.85. The standard InChI is InChI=1S/C18H23NO/c1-3-18(14-19,16-9-5-4-6-10-16)13-15-8-7-11-17(12-15)20-2/h4-12H,3,13-14,19H2,1-2H3. The number of methoxy groups -OCH3 is 1. The van der Waals surface area contributed by atoms with Crippen LogP contribution >= 0.6 is 0 Å². The van der Waals surface area contributed by atoms with Gasteiger partial charge in [0, 0.05) is 12.0 Å². The maximum Gasteiger partial charge on any atom is 0.119 e. The molecule has 0 aliphatic carbocycles. The molecular weight excluding hydrogens is 246 g/mol. The third-order valence-electron chi connectivity index (χ3n) is 4.13. The summed E-state index contributed by atoms with van der Waals surface area (Å²) in [4.78, 5) is 0. The number of ether oxygens (including phenoxy) is 1. The van der Waals surface area contributed by atoms with Crippen molar-refractivity contribution in [2.45, 2.75) is 25.2 Å². The van der Waals surface area contributed by atoms with E-state index in [1.54, 1.807) is 7.11 Å². The largest absolute Gasteiger partial charge is 0.497 e. The molecule has 0 amide bonds. The monoisotopic (exact) mass is 269 g/mol. The summed E-state index contributed by atoms with van der Waals surface area (Å²) in [7, 11) is 1.70. The van der Waals surface area contributed by atoms with Gasteiger partial charge in [0.15, 0.2) is 0 Å². The molecule has 2 aromatic carbocycles. The zero-order chi connectivity index (χ0) is 14.4. The molecule has 0 heterocycles. The fraction of sp³-hybridized carbons (Fsp3) is 0.333. The van der Waals surface area contributed by atoms with Crippen LogP contribution in [0.4, 0.5) is 0 Å². The minimum Gasteiger partial charge on any atom is -0.497 e. The molecular formula is C18H23NO. The molecule has 2 nitrogen and oxygen atoms in total. The Morgan fingerprint density at radius 1 is 1.05 bits per heavy atom. The highest BCUT2D eigenvalue weighted by Crippen LogP contribution is 2.31. The van der Waals surface area contributed by atoms with Crippen molar-refractivity contribution < 1.29 is 4.74 Å². The highest BCUT2D eigenvalue weighted by atomic mass is 16.5. The molecule has 0 saturated carbocycles. The maximum absolute atomic E-state index is 6.14. The zero-order valence-corrected chi connectivity index (χ0v) is 12.3. The molecule has 0 aliphatic rings. The second-order valence-corrected chi connectivity index (χ2v) is 5.23. The molecule has 0 bridgehead atoms. The molecule has 0 aromatic heterocycles. The Morgan fingerprint density at radius 3 is 2.40 bits per heavy atom. The summed E-state index contributed by atoms with van der Waals surface area (Å²) >= 11 is 0. The molecule has 0 radical (unpaired) electrons. The highest BCUT2D eigenvalue weighted by molar-refractivity contribution is 5.34. The van der Waals surface area contributed by atoms with E-state index in [4.69, 9.17) is 10.5 Å². The van der Waals surface area contributed by atoms with Gasteiger partial charge in [-0.2, -0.15) is 0 Å². The zero-order valence-electron chi connectivity index (χ0n) is 12.3. The van der Waals surface area contributed by atoms with E-state index < -0.39 is 0 Å². The van der Waals surface area contributed by atoms with Crippen LogP contribution in [0.5, 0.6) is 5.75 Å². The van der Waals surface area contributed by atoms with Crippen LogP contribution in [-0.2, 0) is 11.8 Å². The van der Waals surface area contributed by atoms with E-state index in [1.807, 2.05) is 18.2 Å². The Hall–Kier alpha value is -1.80. The Bertz CT molecular complexity index is 532. The van der Waals surface area contributed by atoms with Crippen LogP contribution in [0.3, 0.4) is 0 Å². The molecule has 0 aliphatic heterocycles. The molecule has 2 heteroatoms. The topological polar surface area (TPSA) is 35.2 Å². The predicted octanol–water partition coefficient (Wildman–Crippen LogP) is 3.54. The Kier molecular flexibility index (Phi) is 4.80. The van der Waals surface area contributed by atoms with Gasteiger partial charge in [-0.3, -0.25) is 0 Å². The first kappa shape index (κ1) is 14.6. The van der Waals surface area contributed by atoms with Gasteiger partial charge in [0.05, 0.1) is 7.11 Å². The Balaban J connectivity index is 2.34. The van der Waals surface area contributed by atoms with Gasteiger partial charge in [-0.05, 0) is 36.1 Å². The highest BCUT2D eigenvalue weighted by Gasteiger charge is 2.29. The second-order valence-electron chi connectivity index (χ2n) is 5.23. The lowest BCUT2D eigenvalue weighted by Crippen LogP contribution is -2.36. The molecule has 1 atom stereocenters. The van der Waals surface area contributed by atoms with E-state index in [0.717, 1.165) is 18.6 Å². The third-order valence-corrected chi connectivity index (χ3v) is 4.13. The molecule has 1 unspecified atom stereocenters. The lowest BCUT2D eigenvalue weighted by Gasteiger charge is -2.32. The van der Waals surface area contributed by atoms with Gasteiger partial charge < -0.3 is 10.5 Å². The number of rotatable bonds is 6. The van der Waals surface area contributed by atoms with Crippen molar-refractivity contribution in [3.63, 3.8) is 0 Å². The summed E-state index contributed by atoms with van der Waals surface area (Å²) in [5, 5.41) is 0. The van der Waals surface area contributed by atoms with Crippen LogP contribution in [0.15, 0.2) is 54.6 Å². The SMILES string of the molecule is CCC(CN)(Cc1cccc(OC)c1)c1ccccc1. The van der Waals surface area contributed by atoms with Crippen LogP contribution in [-0.4, -0.2) is 13.7 Å². The maximum atomic E-state index is 6.14. The van der Waals surface area contributed by atoms with Gasteiger partial charge in [0.1, 0.15) is 5.75 Å². The van der Waals surface area contributed by atoms with E-state index in [9.17, 15) is 0 Å². The molecule has 2 rings (SSSR count). The van der Waals surface area contributed by atoms with Crippen molar-refractivity contribution in [1.29, 1.82) is 0 Å². The van der Waals surface area contributed by atoms with E-state index >= 15 is 0 Å². The Morgan fingerprint density at radius 2 is 1.80 bits per heavy atom. The van der Waals surface area contributed by atoms with Gasteiger partial charge in [-0.15, -0.1) is 0 Å². The number of hydrogen-bond acceptors (Lipinski definition) is 2. The minimum absolute atomic E-state index is 0.00632. The Labute approximate surface area is 121 Å². The number of benzene rings is 2. The second kappa shape index (κ2) is 6.58. The van der Waals surface area contributed by atoms with Crippen LogP contribution in [0, 0.1) is 0 Å². The van der Waals surface area contributed by atoms with E-state index in [-0.39, 0.29) is 5.41 Å². The predicted molar refractivity (Wildman–Crippen MR) is 84.2 cm³/mol. The van der Waals surface area contributed by atoms with Gasteiger partial charge in [-0.1, -0.05) is 49.4 Å². The van der Waals surface area contributed by atoms with Crippen LogP contribution in [0.25, 0.3) is 0 Å². The summed E-state index contributed by atoms with van der Waals surface area (Å²) in [5.41, 5.74) is 8.71. The van der Waals surface area contributed by atoms with Crippen molar-refractivity contribution in [3.8, 4) is 5.75 Å². The average Bonchev–Trinajstić information content (AvgIpc) is 2.54. The van der Waals surface area contributed by atoms with Crippen LogP contribution < -0.4 is 10.5 Å².